The third-order valence-corrected chi connectivity index (χ3v) is 3.37. The largest absolute Gasteiger partial charge is 0.269 e. The molecule has 0 saturated carbocycles. The molecule has 0 N–H and O–H groups in total. The fourth-order valence-corrected chi connectivity index (χ4v) is 2.16. The maximum absolute atomic E-state index is 11.9. The third kappa shape index (κ3) is 3.11. The molecular formula is C16H15ClN2O2. The molecule has 0 radical (unpaired) electrons. The number of halogens is 1. The highest BCUT2D eigenvalue weighted by molar-refractivity contribution is 6.30. The molecule has 0 saturated heterocycles. The lowest BCUT2D eigenvalue weighted by Crippen LogP contribution is -2.35. The van der Waals surface area contributed by atoms with Crippen LogP contribution >= 0.6 is 11.6 Å². The summed E-state index contributed by atoms with van der Waals surface area (Å²) in [6.07, 6.45) is 3.14. The van der Waals surface area contributed by atoms with E-state index in [1.165, 1.54) is 6.08 Å². The van der Waals surface area contributed by atoms with Crippen LogP contribution in [-0.2, 0) is 9.59 Å². The molecule has 2 rings (SSSR count). The molecule has 0 bridgehead atoms. The normalized spacial score (nSPS) is 16.6. The number of hydrogen-bond acceptors (Lipinski definition) is 3. The van der Waals surface area contributed by atoms with Crippen molar-refractivity contribution >= 4 is 34.9 Å². The van der Waals surface area contributed by atoms with E-state index in [0.29, 0.717) is 22.1 Å². The van der Waals surface area contributed by atoms with E-state index in [1.807, 2.05) is 25.1 Å². The minimum Gasteiger partial charge on any atom is -0.269 e. The zero-order valence-electron chi connectivity index (χ0n) is 12.1. The quantitative estimate of drug-likeness (QED) is 0.477. The standard InChI is InChI=1S/C16H15ClN2O2/c1-4-14(12-5-7-13(17)8-6-12)18-11(3)19-15(20)9-10(2)16(19)21/h4-9H,1-3H3/b14-4-,18-11+. The number of hydrogen-bond donors (Lipinski definition) is 0. The Morgan fingerprint density at radius 1 is 1.24 bits per heavy atom. The summed E-state index contributed by atoms with van der Waals surface area (Å²) >= 11 is 5.86. The molecular weight excluding hydrogens is 288 g/mol. The van der Waals surface area contributed by atoms with Crippen LogP contribution in [0, 0.1) is 0 Å². The van der Waals surface area contributed by atoms with Crippen LogP contribution in [-0.4, -0.2) is 22.5 Å². The van der Waals surface area contributed by atoms with Crippen LogP contribution in [0.25, 0.3) is 5.70 Å². The number of rotatable bonds is 2. The van der Waals surface area contributed by atoms with Crippen LogP contribution in [0.4, 0.5) is 0 Å². The van der Waals surface area contributed by atoms with Gasteiger partial charge in [0.05, 0.1) is 5.70 Å². The highest BCUT2D eigenvalue weighted by Crippen LogP contribution is 2.20. The van der Waals surface area contributed by atoms with E-state index in [4.69, 9.17) is 11.6 Å². The van der Waals surface area contributed by atoms with Crippen LogP contribution in [0.1, 0.15) is 26.3 Å². The van der Waals surface area contributed by atoms with Crippen LogP contribution in [0.15, 0.2) is 47.0 Å². The average Bonchev–Trinajstić information content (AvgIpc) is 2.70. The van der Waals surface area contributed by atoms with E-state index in [1.54, 1.807) is 26.0 Å². The molecule has 2 amide bonds. The summed E-state index contributed by atoms with van der Waals surface area (Å²) in [5.74, 6) is -0.334. The first-order valence-corrected chi connectivity index (χ1v) is 6.86. The van der Waals surface area contributed by atoms with Gasteiger partial charge < -0.3 is 0 Å². The van der Waals surface area contributed by atoms with Crippen LogP contribution in [0.5, 0.6) is 0 Å². The molecule has 4 nitrogen and oxygen atoms in total. The smallest absolute Gasteiger partial charge is 0.262 e. The average molecular weight is 303 g/mol. The summed E-state index contributed by atoms with van der Waals surface area (Å²) < 4.78 is 0. The summed E-state index contributed by atoms with van der Waals surface area (Å²) in [5.41, 5.74) is 1.96. The van der Waals surface area contributed by atoms with Gasteiger partial charge in [-0.25, -0.2) is 9.89 Å². The number of imide groups is 1. The van der Waals surface area contributed by atoms with Crippen molar-refractivity contribution in [2.45, 2.75) is 20.8 Å². The van der Waals surface area contributed by atoms with Gasteiger partial charge in [0.2, 0.25) is 0 Å². The molecule has 21 heavy (non-hydrogen) atoms. The molecule has 1 aliphatic heterocycles. The fourth-order valence-electron chi connectivity index (χ4n) is 2.04. The van der Waals surface area contributed by atoms with Crippen molar-refractivity contribution in [2.24, 2.45) is 4.99 Å². The van der Waals surface area contributed by atoms with Gasteiger partial charge in [-0.15, -0.1) is 0 Å². The monoisotopic (exact) mass is 302 g/mol. The molecule has 0 spiro atoms. The van der Waals surface area contributed by atoms with Gasteiger partial charge in [0.15, 0.2) is 0 Å². The molecule has 0 aliphatic carbocycles. The van der Waals surface area contributed by atoms with E-state index >= 15 is 0 Å². The van der Waals surface area contributed by atoms with E-state index in [2.05, 4.69) is 4.99 Å². The second-order valence-electron chi connectivity index (χ2n) is 4.65. The number of allylic oxidation sites excluding steroid dienone is 1. The summed E-state index contributed by atoms with van der Waals surface area (Å²) in [6.45, 7) is 5.10. The minimum atomic E-state index is -0.356. The Kier molecular flexibility index (Phi) is 4.38. The van der Waals surface area contributed by atoms with Gasteiger partial charge >= 0.3 is 0 Å². The molecule has 108 valence electrons. The maximum Gasteiger partial charge on any atom is 0.262 e. The number of carbonyl (C=O) groups excluding carboxylic acids is 2. The Morgan fingerprint density at radius 3 is 2.33 bits per heavy atom. The zero-order valence-corrected chi connectivity index (χ0v) is 12.8. The van der Waals surface area contributed by atoms with Crippen LogP contribution in [0.3, 0.4) is 0 Å². The summed E-state index contributed by atoms with van der Waals surface area (Å²) in [6, 6.07) is 7.21. The second-order valence-corrected chi connectivity index (χ2v) is 5.08. The van der Waals surface area contributed by atoms with Crippen molar-refractivity contribution in [3.63, 3.8) is 0 Å². The Morgan fingerprint density at radius 2 is 1.86 bits per heavy atom. The zero-order chi connectivity index (χ0) is 15.6. The highest BCUT2D eigenvalue weighted by atomic mass is 35.5. The molecule has 1 aromatic rings. The van der Waals surface area contributed by atoms with E-state index in [9.17, 15) is 9.59 Å². The van der Waals surface area contributed by atoms with Crippen LogP contribution < -0.4 is 0 Å². The summed E-state index contributed by atoms with van der Waals surface area (Å²) in [4.78, 5) is 29.2. The molecule has 0 unspecified atom stereocenters. The van der Waals surface area contributed by atoms with Crippen molar-refractivity contribution in [2.75, 3.05) is 0 Å². The number of carbonyl (C=O) groups is 2. The molecule has 1 aliphatic rings. The topological polar surface area (TPSA) is 49.7 Å². The van der Waals surface area contributed by atoms with Gasteiger partial charge in [-0.05, 0) is 38.5 Å². The fraction of sp³-hybridized carbons (Fsp3) is 0.188. The van der Waals surface area contributed by atoms with Crippen molar-refractivity contribution < 1.29 is 9.59 Å². The van der Waals surface area contributed by atoms with Gasteiger partial charge in [-0.1, -0.05) is 29.8 Å². The molecule has 0 aromatic heterocycles. The first kappa shape index (κ1) is 15.2. The Bertz CT molecular complexity index is 685. The number of aliphatic imine (C=N–C) groups is 1. The lowest BCUT2D eigenvalue weighted by molar-refractivity contribution is -0.132. The summed E-state index contributed by atoms with van der Waals surface area (Å²) in [7, 11) is 0. The molecule has 1 aromatic carbocycles. The first-order chi connectivity index (χ1) is 9.93. The third-order valence-electron chi connectivity index (χ3n) is 3.12. The molecule has 5 heteroatoms. The Balaban J connectivity index is 2.31. The van der Waals surface area contributed by atoms with Crippen LogP contribution in [0.2, 0.25) is 5.02 Å². The van der Waals surface area contributed by atoms with Gasteiger partial charge in [-0.3, -0.25) is 9.59 Å². The molecule has 1 heterocycles. The number of benzene rings is 1. The van der Waals surface area contributed by atoms with Gasteiger partial charge in [-0.2, -0.15) is 0 Å². The van der Waals surface area contributed by atoms with Gasteiger partial charge in [0.25, 0.3) is 11.8 Å². The SMILES string of the molecule is C/C=C(\N=C(/C)N1C(=O)C=C(C)C1=O)c1ccc(Cl)cc1. The minimum absolute atomic E-state index is 0.326. The predicted octanol–water partition coefficient (Wildman–Crippen LogP) is 3.43. The van der Waals surface area contributed by atoms with Crippen molar-refractivity contribution in [1.82, 2.24) is 4.90 Å². The van der Waals surface area contributed by atoms with Gasteiger partial charge in [0, 0.05) is 16.7 Å². The van der Waals surface area contributed by atoms with Crippen molar-refractivity contribution in [3.8, 4) is 0 Å². The van der Waals surface area contributed by atoms with E-state index < -0.39 is 0 Å². The van der Waals surface area contributed by atoms with Crippen molar-refractivity contribution in [1.29, 1.82) is 0 Å². The maximum atomic E-state index is 11.9. The second kappa shape index (κ2) is 6.06. The van der Waals surface area contributed by atoms with E-state index in [-0.39, 0.29) is 11.8 Å². The lowest BCUT2D eigenvalue weighted by Gasteiger charge is -2.14. The Hall–Kier alpha value is -2.20. The number of amidine groups is 1. The van der Waals surface area contributed by atoms with E-state index in [0.717, 1.165) is 10.5 Å². The van der Waals surface area contributed by atoms with Crippen molar-refractivity contribution in [3.05, 3.63) is 52.6 Å². The molecule has 0 atom stereocenters. The number of amides is 2. The summed E-state index contributed by atoms with van der Waals surface area (Å²) in [5, 5.41) is 0.639. The number of nitrogens with zero attached hydrogens (tertiary/aromatic N) is 2. The highest BCUT2D eigenvalue weighted by Gasteiger charge is 2.30. The lowest BCUT2D eigenvalue weighted by atomic mass is 10.1. The molecule has 0 fully saturated rings. The Labute approximate surface area is 128 Å². The predicted molar refractivity (Wildman–Crippen MR) is 83.8 cm³/mol. The van der Waals surface area contributed by atoms with Gasteiger partial charge in [0.1, 0.15) is 5.84 Å². The first-order valence-electron chi connectivity index (χ1n) is 6.48.